The van der Waals surface area contributed by atoms with Crippen LogP contribution in [-0.4, -0.2) is 118 Å². The molecule has 2 aliphatic rings. The van der Waals surface area contributed by atoms with Crippen molar-refractivity contribution >= 4 is 24.0 Å². The van der Waals surface area contributed by atoms with Crippen LogP contribution in [0.2, 0.25) is 0 Å². The predicted molar refractivity (Wildman–Crippen MR) is 293 cm³/mol. The van der Waals surface area contributed by atoms with Gasteiger partial charge in [0.25, 0.3) is 0 Å². The normalized spacial score (nSPS) is 15.6. The van der Waals surface area contributed by atoms with Crippen molar-refractivity contribution in [1.82, 2.24) is 30.2 Å². The molecule has 0 saturated carbocycles. The molecule has 14 nitrogen and oxygen atoms in total. The van der Waals surface area contributed by atoms with E-state index in [0.29, 0.717) is 76.4 Å². The number of hydrogen-bond donors (Lipinski definition) is 2. The molecule has 0 radical (unpaired) electrons. The van der Waals surface area contributed by atoms with Gasteiger partial charge in [0.15, 0.2) is 0 Å². The second kappa shape index (κ2) is 26.9. The highest BCUT2D eigenvalue weighted by Crippen LogP contribution is 2.36. The average Bonchev–Trinajstić information content (AvgIpc) is 3.33. The summed E-state index contributed by atoms with van der Waals surface area (Å²) in [5.74, 6) is 1.10. The molecule has 0 spiro atoms. The van der Waals surface area contributed by atoms with Gasteiger partial charge in [-0.1, -0.05) is 72.8 Å². The van der Waals surface area contributed by atoms with E-state index in [1.807, 2.05) is 139 Å². The van der Waals surface area contributed by atoms with Crippen LogP contribution < -0.4 is 20.1 Å². The fourth-order valence-corrected chi connectivity index (χ4v) is 9.50. The van der Waals surface area contributed by atoms with Crippen molar-refractivity contribution in [3.05, 3.63) is 130 Å². The lowest BCUT2D eigenvalue weighted by Crippen LogP contribution is -2.50. The van der Waals surface area contributed by atoms with Gasteiger partial charge in [-0.25, -0.2) is 9.59 Å². The van der Waals surface area contributed by atoms with Crippen LogP contribution in [0.25, 0.3) is 0 Å². The number of fused-ring (bicyclic) bond motifs is 2. The number of hydrogen-bond acceptors (Lipinski definition) is 10. The number of rotatable bonds is 18. The highest BCUT2D eigenvalue weighted by atomic mass is 16.6. The molecule has 0 bridgehead atoms. The third-order valence-electron chi connectivity index (χ3n) is 12.9. The van der Waals surface area contributed by atoms with Crippen LogP contribution in [0.4, 0.5) is 9.59 Å². The smallest absolute Gasteiger partial charge is 0.411 e. The van der Waals surface area contributed by atoms with Gasteiger partial charge in [0.05, 0.1) is 0 Å². The second-order valence-corrected chi connectivity index (χ2v) is 22.4. The van der Waals surface area contributed by atoms with Crippen molar-refractivity contribution in [3.63, 3.8) is 0 Å². The molecule has 4 aromatic carbocycles. The summed E-state index contributed by atoms with van der Waals surface area (Å²) in [6.45, 7) is 32.4. The Labute approximate surface area is 442 Å². The first-order valence-electron chi connectivity index (χ1n) is 26.6. The minimum atomic E-state index is -0.756. The molecule has 0 aliphatic carbocycles. The van der Waals surface area contributed by atoms with Crippen LogP contribution in [0.5, 0.6) is 11.5 Å². The first-order chi connectivity index (χ1) is 34.9. The summed E-state index contributed by atoms with van der Waals surface area (Å²) in [4.78, 5) is 61.1. The lowest BCUT2D eigenvalue weighted by molar-refractivity contribution is -0.127. The molecule has 4 amide bonds. The molecule has 0 saturated heterocycles. The molecular weight excluding hydrogens is 933 g/mol. The summed E-state index contributed by atoms with van der Waals surface area (Å²) in [5.41, 5.74) is 4.52. The van der Waals surface area contributed by atoms with E-state index in [-0.39, 0.29) is 11.8 Å². The standard InChI is InChI=1S/2C30H43N3O4/c2*1-21(2)32(22(3)4)18-16-31-28(34)27-26-14-13-25(36-20-23-11-9-8-10-12-23)19-24(26)15-17-33(27)29(35)37-30(5,6)7/h2*8-14,19,21-22,27H,15-18,20H2,1-7H3,(H,31,34)/t2*27-/m10/s1. The first-order valence-corrected chi connectivity index (χ1v) is 26.6. The maximum absolute atomic E-state index is 13.5. The molecular formula is C60H86N6O8. The number of carbonyl (C=O) groups is 4. The Morgan fingerprint density at radius 1 is 0.527 bits per heavy atom. The highest BCUT2D eigenvalue weighted by Gasteiger charge is 2.40. The SMILES string of the molecule is CC(C)N(CCNC(=O)[C@@H]1c2ccc(OCc3ccccc3)cc2CCN1C(=O)OC(C)(C)C)C(C)C.CC(C)N(CCNC(=O)[C@H]1c2ccc(OCc3ccccc3)cc2CCN1C(=O)OC(C)(C)C)C(C)C. The summed E-state index contributed by atoms with van der Waals surface area (Å²) in [6, 6.07) is 31.5. The van der Waals surface area contributed by atoms with Gasteiger partial charge in [-0.05, 0) is 167 Å². The fraction of sp³-hybridized carbons (Fsp3) is 0.533. The average molecular weight is 1020 g/mol. The van der Waals surface area contributed by atoms with Crippen LogP contribution >= 0.6 is 0 Å². The van der Waals surface area contributed by atoms with Crippen LogP contribution in [0.15, 0.2) is 97.1 Å². The maximum atomic E-state index is 13.5. The second-order valence-electron chi connectivity index (χ2n) is 22.4. The van der Waals surface area contributed by atoms with E-state index in [1.54, 1.807) is 9.80 Å². The molecule has 0 unspecified atom stereocenters. The van der Waals surface area contributed by atoms with Crippen molar-refractivity contribution in [2.24, 2.45) is 0 Å². The first kappa shape index (κ1) is 58.8. The number of nitrogens with zero attached hydrogens (tertiary/aromatic N) is 4. The zero-order valence-corrected chi connectivity index (χ0v) is 46.8. The van der Waals surface area contributed by atoms with Crippen molar-refractivity contribution in [2.75, 3.05) is 39.3 Å². The molecule has 2 heterocycles. The van der Waals surface area contributed by atoms with Crippen LogP contribution in [0.1, 0.15) is 142 Å². The van der Waals surface area contributed by atoms with Gasteiger partial charge in [0.2, 0.25) is 11.8 Å². The Bertz CT molecular complexity index is 2250. The van der Waals surface area contributed by atoms with Crippen LogP contribution in [0, 0.1) is 0 Å². The fourth-order valence-electron chi connectivity index (χ4n) is 9.50. The third-order valence-corrected chi connectivity index (χ3v) is 12.9. The van der Waals surface area contributed by atoms with Gasteiger partial charge in [0.1, 0.15) is 48.0 Å². The molecule has 6 rings (SSSR count). The molecule has 2 aliphatic heterocycles. The van der Waals surface area contributed by atoms with Crippen molar-refractivity contribution in [1.29, 1.82) is 0 Å². The Balaban J connectivity index is 0.000000274. The predicted octanol–water partition coefficient (Wildman–Crippen LogP) is 10.7. The number of benzene rings is 4. The lowest BCUT2D eigenvalue weighted by Gasteiger charge is -2.37. The number of ether oxygens (including phenoxy) is 4. The van der Waals surface area contributed by atoms with Gasteiger partial charge in [0, 0.05) is 63.4 Å². The number of amides is 4. The van der Waals surface area contributed by atoms with Gasteiger partial charge >= 0.3 is 12.2 Å². The topological polar surface area (TPSA) is 142 Å². The Kier molecular flexibility index (Phi) is 21.4. The van der Waals surface area contributed by atoms with Crippen LogP contribution in [0.3, 0.4) is 0 Å². The minimum Gasteiger partial charge on any atom is -0.489 e. The van der Waals surface area contributed by atoms with E-state index in [1.165, 1.54) is 0 Å². The molecule has 0 fully saturated rings. The zero-order valence-electron chi connectivity index (χ0n) is 46.8. The van der Waals surface area contributed by atoms with Crippen molar-refractivity contribution in [2.45, 2.75) is 170 Å². The van der Waals surface area contributed by atoms with E-state index < -0.39 is 35.5 Å². The van der Waals surface area contributed by atoms with E-state index in [4.69, 9.17) is 18.9 Å². The number of carbonyl (C=O) groups excluding carboxylic acids is 4. The summed E-state index contributed by atoms with van der Waals surface area (Å²) < 4.78 is 23.4. The molecule has 74 heavy (non-hydrogen) atoms. The lowest BCUT2D eigenvalue weighted by atomic mass is 9.92. The summed E-state index contributed by atoms with van der Waals surface area (Å²) in [7, 11) is 0. The number of nitrogens with one attached hydrogen (secondary N) is 2. The minimum absolute atomic E-state index is 0.197. The Hall–Kier alpha value is -6.12. The van der Waals surface area contributed by atoms with Gasteiger partial charge < -0.3 is 29.6 Å². The Morgan fingerprint density at radius 2 is 0.865 bits per heavy atom. The Morgan fingerprint density at radius 3 is 1.18 bits per heavy atom. The molecule has 2 N–H and O–H groups in total. The molecule has 404 valence electrons. The van der Waals surface area contributed by atoms with Gasteiger partial charge in [-0.15, -0.1) is 0 Å². The largest absolute Gasteiger partial charge is 0.489 e. The molecule has 4 aromatic rings. The van der Waals surface area contributed by atoms with Crippen molar-refractivity contribution < 1.29 is 38.1 Å². The van der Waals surface area contributed by atoms with E-state index in [0.717, 1.165) is 58.0 Å². The summed E-state index contributed by atoms with van der Waals surface area (Å²) in [5, 5.41) is 6.16. The van der Waals surface area contributed by atoms with E-state index in [2.05, 4.69) is 75.8 Å². The molecule has 2 atom stereocenters. The monoisotopic (exact) mass is 1020 g/mol. The van der Waals surface area contributed by atoms with Gasteiger partial charge in [-0.3, -0.25) is 29.2 Å². The molecule has 0 aromatic heterocycles. The van der Waals surface area contributed by atoms with Crippen LogP contribution in [-0.2, 0) is 45.1 Å². The third kappa shape index (κ3) is 17.5. The summed E-state index contributed by atoms with van der Waals surface area (Å²) >= 11 is 0. The van der Waals surface area contributed by atoms with E-state index in [9.17, 15) is 19.2 Å². The molecule has 14 heteroatoms. The quantitative estimate of drug-likeness (QED) is 0.0989. The van der Waals surface area contributed by atoms with Crippen molar-refractivity contribution in [3.8, 4) is 11.5 Å². The van der Waals surface area contributed by atoms with Gasteiger partial charge in [-0.2, -0.15) is 0 Å². The maximum Gasteiger partial charge on any atom is 0.411 e. The zero-order chi connectivity index (χ0) is 54.3. The highest BCUT2D eigenvalue weighted by molar-refractivity contribution is 5.89. The summed E-state index contributed by atoms with van der Waals surface area (Å²) in [6.07, 6.45) is 0.285. The van der Waals surface area contributed by atoms with E-state index >= 15 is 0 Å².